The van der Waals surface area contributed by atoms with E-state index in [1.807, 2.05) is 6.92 Å². The number of anilines is 3. The Balaban J connectivity index is 1.48. The van der Waals surface area contributed by atoms with E-state index in [2.05, 4.69) is 10.6 Å². The molecule has 3 amide bonds. The number of methoxy groups -OCH3 is 1. The smallest absolute Gasteiger partial charge is 0.340 e. The molecule has 0 bridgehead atoms. The molecule has 0 atom stereocenters. The molecule has 1 heterocycles. The summed E-state index contributed by atoms with van der Waals surface area (Å²) >= 11 is 6.24. The van der Waals surface area contributed by atoms with Gasteiger partial charge in [0.2, 0.25) is 0 Å². The van der Waals surface area contributed by atoms with Crippen molar-refractivity contribution in [3.8, 4) is 0 Å². The van der Waals surface area contributed by atoms with Crippen molar-refractivity contribution in [1.29, 1.82) is 0 Å². The Kier molecular flexibility index (Phi) is 8.60. The number of amides is 3. The first-order valence-corrected chi connectivity index (χ1v) is 12.5. The number of halogens is 1. The minimum atomic E-state index is -0.796. The standard InChI is InChI=1S/C29H24ClN3O7/c1-3-15-40-29(38)21-9-4-5-10-22(21)33-26(35)23(30)24(27(33)36)31-19-13-11-17(12-14-19)25(34)32-20-8-6-7-18(16-20)28(37)39-2/h4-14,16,31H,3,15H2,1-2H3,(H,32,34). The maximum atomic E-state index is 13.2. The fourth-order valence-corrected chi connectivity index (χ4v) is 4.05. The lowest BCUT2D eigenvalue weighted by atomic mass is 10.1. The van der Waals surface area contributed by atoms with Crippen LogP contribution >= 0.6 is 11.6 Å². The van der Waals surface area contributed by atoms with Crippen LogP contribution in [-0.4, -0.2) is 43.4 Å². The summed E-state index contributed by atoms with van der Waals surface area (Å²) in [5, 5.41) is 5.18. The van der Waals surface area contributed by atoms with Gasteiger partial charge in [-0.3, -0.25) is 14.4 Å². The van der Waals surface area contributed by atoms with Crippen molar-refractivity contribution < 1.29 is 33.4 Å². The first-order valence-electron chi connectivity index (χ1n) is 12.2. The molecule has 0 aliphatic carbocycles. The van der Waals surface area contributed by atoms with Gasteiger partial charge in [0.25, 0.3) is 17.7 Å². The van der Waals surface area contributed by atoms with Crippen LogP contribution in [-0.2, 0) is 19.1 Å². The molecule has 10 nitrogen and oxygen atoms in total. The van der Waals surface area contributed by atoms with Crippen LogP contribution in [0.1, 0.15) is 44.4 Å². The van der Waals surface area contributed by atoms with Crippen LogP contribution in [0.15, 0.2) is 83.5 Å². The summed E-state index contributed by atoms with van der Waals surface area (Å²) in [5.74, 6) is -3.18. The van der Waals surface area contributed by atoms with Crippen LogP contribution in [0.2, 0.25) is 0 Å². The normalized spacial score (nSPS) is 12.8. The molecule has 0 saturated carbocycles. The molecule has 1 aliphatic rings. The molecule has 3 aromatic rings. The second kappa shape index (κ2) is 12.3. The van der Waals surface area contributed by atoms with Gasteiger partial charge in [-0.25, -0.2) is 14.5 Å². The third-order valence-electron chi connectivity index (χ3n) is 5.79. The lowest BCUT2D eigenvalue weighted by Gasteiger charge is -2.18. The number of carbonyl (C=O) groups excluding carboxylic acids is 5. The highest BCUT2D eigenvalue weighted by Crippen LogP contribution is 2.32. The predicted octanol–water partition coefficient (Wildman–Crippen LogP) is 4.73. The molecule has 0 saturated heterocycles. The van der Waals surface area contributed by atoms with E-state index in [-0.39, 0.29) is 34.2 Å². The van der Waals surface area contributed by atoms with E-state index in [0.29, 0.717) is 23.4 Å². The van der Waals surface area contributed by atoms with Crippen LogP contribution in [0.3, 0.4) is 0 Å². The van der Waals surface area contributed by atoms with Gasteiger partial charge in [-0.15, -0.1) is 0 Å². The summed E-state index contributed by atoms with van der Waals surface area (Å²) < 4.78 is 9.88. The van der Waals surface area contributed by atoms with Crippen LogP contribution in [0.25, 0.3) is 0 Å². The lowest BCUT2D eigenvalue weighted by molar-refractivity contribution is -0.120. The summed E-state index contributed by atoms with van der Waals surface area (Å²) in [7, 11) is 1.27. The van der Waals surface area contributed by atoms with E-state index in [9.17, 15) is 24.0 Å². The zero-order valence-corrected chi connectivity index (χ0v) is 22.3. The van der Waals surface area contributed by atoms with Gasteiger partial charge in [-0.2, -0.15) is 0 Å². The van der Waals surface area contributed by atoms with Crippen molar-refractivity contribution in [3.63, 3.8) is 0 Å². The Morgan fingerprint density at radius 3 is 2.27 bits per heavy atom. The highest BCUT2D eigenvalue weighted by molar-refractivity contribution is 6.53. The number of nitrogens with zero attached hydrogens (tertiary/aromatic N) is 1. The highest BCUT2D eigenvalue weighted by atomic mass is 35.5. The second-order valence-corrected chi connectivity index (χ2v) is 8.89. The fourth-order valence-electron chi connectivity index (χ4n) is 3.84. The zero-order chi connectivity index (χ0) is 28.8. The van der Waals surface area contributed by atoms with E-state index in [1.165, 1.54) is 49.6 Å². The van der Waals surface area contributed by atoms with Crippen LogP contribution in [0.4, 0.5) is 17.1 Å². The molecule has 3 aromatic carbocycles. The van der Waals surface area contributed by atoms with Crippen molar-refractivity contribution in [2.24, 2.45) is 0 Å². The Morgan fingerprint density at radius 1 is 0.850 bits per heavy atom. The zero-order valence-electron chi connectivity index (χ0n) is 21.5. The molecule has 1 aliphatic heterocycles. The van der Waals surface area contributed by atoms with Gasteiger partial charge in [0.15, 0.2) is 0 Å². The number of rotatable bonds is 9. The van der Waals surface area contributed by atoms with E-state index in [1.54, 1.807) is 30.3 Å². The quantitative estimate of drug-likeness (QED) is 0.283. The maximum Gasteiger partial charge on any atom is 0.340 e. The van der Waals surface area contributed by atoms with Crippen molar-refractivity contribution in [1.82, 2.24) is 0 Å². The predicted molar refractivity (Wildman–Crippen MR) is 148 cm³/mol. The number of nitrogens with one attached hydrogen (secondary N) is 2. The molecule has 0 unspecified atom stereocenters. The molecule has 204 valence electrons. The summed E-state index contributed by atoms with van der Waals surface area (Å²) in [5.41, 5.74) is 1.30. The minimum Gasteiger partial charge on any atom is -0.465 e. The molecule has 0 fully saturated rings. The van der Waals surface area contributed by atoms with E-state index in [0.717, 1.165) is 4.90 Å². The fraction of sp³-hybridized carbons (Fsp3) is 0.138. The number of ether oxygens (including phenoxy) is 2. The Labute approximate surface area is 234 Å². The average Bonchev–Trinajstić information content (AvgIpc) is 3.18. The van der Waals surface area contributed by atoms with E-state index < -0.39 is 29.7 Å². The minimum absolute atomic E-state index is 0.0517. The highest BCUT2D eigenvalue weighted by Gasteiger charge is 2.40. The van der Waals surface area contributed by atoms with Gasteiger partial charge >= 0.3 is 11.9 Å². The Hall–Kier alpha value is -4.96. The maximum absolute atomic E-state index is 13.2. The molecule has 0 spiro atoms. The van der Waals surface area contributed by atoms with Crippen LogP contribution in [0.5, 0.6) is 0 Å². The molecule has 0 radical (unpaired) electrons. The molecular formula is C29H24ClN3O7. The number of hydrogen-bond donors (Lipinski definition) is 2. The van der Waals surface area contributed by atoms with Gasteiger partial charge in [-0.1, -0.05) is 36.7 Å². The SMILES string of the molecule is CCCOC(=O)c1ccccc1N1C(=O)C(Cl)=C(Nc2ccc(C(=O)Nc3cccc(C(=O)OC)c3)cc2)C1=O. The molecular weight excluding hydrogens is 538 g/mol. The van der Waals surface area contributed by atoms with Crippen molar-refractivity contribution in [2.45, 2.75) is 13.3 Å². The molecule has 0 aromatic heterocycles. The van der Waals surface area contributed by atoms with E-state index >= 15 is 0 Å². The van der Waals surface area contributed by atoms with Gasteiger partial charge in [0.05, 0.1) is 30.5 Å². The average molecular weight is 562 g/mol. The molecule has 11 heteroatoms. The Bertz CT molecular complexity index is 1530. The van der Waals surface area contributed by atoms with Crippen molar-refractivity contribution in [3.05, 3.63) is 100 Å². The number of hydrogen-bond acceptors (Lipinski definition) is 8. The third kappa shape index (κ3) is 5.87. The lowest BCUT2D eigenvalue weighted by Crippen LogP contribution is -2.33. The number of para-hydroxylation sites is 1. The first kappa shape index (κ1) is 28.1. The monoisotopic (exact) mass is 561 g/mol. The Morgan fingerprint density at radius 2 is 1.57 bits per heavy atom. The summed E-state index contributed by atoms with van der Waals surface area (Å²) in [4.78, 5) is 64.0. The van der Waals surface area contributed by atoms with Crippen molar-refractivity contribution >= 4 is 58.3 Å². The number of imide groups is 1. The number of esters is 2. The van der Waals surface area contributed by atoms with Gasteiger partial charge in [0, 0.05) is 16.9 Å². The first-order chi connectivity index (χ1) is 19.2. The van der Waals surface area contributed by atoms with E-state index in [4.69, 9.17) is 21.1 Å². The molecule has 4 rings (SSSR count). The van der Waals surface area contributed by atoms with Crippen molar-refractivity contribution in [2.75, 3.05) is 29.3 Å². The second-order valence-electron chi connectivity index (χ2n) is 8.52. The number of carbonyl (C=O) groups is 5. The summed E-state index contributed by atoms with van der Waals surface area (Å²) in [6, 6.07) is 18.5. The van der Waals surface area contributed by atoms with Gasteiger partial charge in [0.1, 0.15) is 10.7 Å². The van der Waals surface area contributed by atoms with Gasteiger partial charge in [-0.05, 0) is 61.0 Å². The van der Waals surface area contributed by atoms with Crippen LogP contribution in [0, 0.1) is 0 Å². The molecule has 2 N–H and O–H groups in total. The topological polar surface area (TPSA) is 131 Å². The summed E-state index contributed by atoms with van der Waals surface area (Å²) in [6.07, 6.45) is 0.611. The number of benzene rings is 3. The summed E-state index contributed by atoms with van der Waals surface area (Å²) in [6.45, 7) is 2.04. The molecule has 40 heavy (non-hydrogen) atoms. The van der Waals surface area contributed by atoms with Crippen LogP contribution < -0.4 is 15.5 Å². The van der Waals surface area contributed by atoms with Gasteiger partial charge < -0.3 is 20.1 Å². The third-order valence-corrected chi connectivity index (χ3v) is 6.14. The largest absolute Gasteiger partial charge is 0.465 e.